The summed E-state index contributed by atoms with van der Waals surface area (Å²) < 4.78 is 1.18. The number of hydrogen-bond acceptors (Lipinski definition) is 4. The minimum absolute atomic E-state index is 0.113. The van der Waals surface area contributed by atoms with Gasteiger partial charge in [0.2, 0.25) is 0 Å². The first-order valence-corrected chi connectivity index (χ1v) is 7.91. The monoisotopic (exact) mass is 330 g/mol. The van der Waals surface area contributed by atoms with E-state index in [1.165, 1.54) is 14.2 Å². The van der Waals surface area contributed by atoms with Gasteiger partial charge in [-0.2, -0.15) is 0 Å². The largest absolute Gasteiger partial charge is 0.322 e. The van der Waals surface area contributed by atoms with Crippen molar-refractivity contribution in [2.45, 2.75) is 12.6 Å². The van der Waals surface area contributed by atoms with E-state index in [2.05, 4.69) is 56.8 Å². The van der Waals surface area contributed by atoms with Gasteiger partial charge in [-0.1, -0.05) is 6.07 Å². The number of nitrogens with zero attached hydrogens (tertiary/aromatic N) is 1. The molecule has 0 amide bonds. The number of halogens is 1. The Labute approximate surface area is 118 Å². The van der Waals surface area contributed by atoms with Crippen LogP contribution in [-0.4, -0.2) is 18.5 Å². The van der Waals surface area contributed by atoms with Crippen LogP contribution in [0.15, 0.2) is 32.7 Å². The van der Waals surface area contributed by atoms with E-state index in [-0.39, 0.29) is 6.04 Å². The fourth-order valence-electron chi connectivity index (χ4n) is 1.73. The van der Waals surface area contributed by atoms with Crippen molar-refractivity contribution < 1.29 is 0 Å². The van der Waals surface area contributed by atoms with Crippen molar-refractivity contribution >= 4 is 38.6 Å². The van der Waals surface area contributed by atoms with E-state index >= 15 is 0 Å². The summed E-state index contributed by atoms with van der Waals surface area (Å²) in [6.07, 6.45) is 0. The highest BCUT2D eigenvalue weighted by Crippen LogP contribution is 2.22. The molecular formula is C12H15BrN2S2. The summed E-state index contributed by atoms with van der Waals surface area (Å²) >= 11 is 6.93. The standard InChI is InChI=1S/C12H15BrN2S2/c1-15(6-9-5-12(13)17-8-9)7-10(14)11-3-2-4-16-11/h2-5,8,10H,6-7,14H2,1H3. The lowest BCUT2D eigenvalue weighted by molar-refractivity contribution is 0.307. The zero-order chi connectivity index (χ0) is 12.3. The SMILES string of the molecule is CN(Cc1csc(Br)c1)CC(N)c1cccs1. The Morgan fingerprint density at radius 3 is 2.88 bits per heavy atom. The lowest BCUT2D eigenvalue weighted by Gasteiger charge is -2.20. The van der Waals surface area contributed by atoms with Gasteiger partial charge in [0.15, 0.2) is 0 Å². The fourth-order valence-corrected chi connectivity index (χ4v) is 3.65. The second kappa shape index (κ2) is 6.11. The molecule has 2 heterocycles. The highest BCUT2D eigenvalue weighted by atomic mass is 79.9. The van der Waals surface area contributed by atoms with E-state index in [4.69, 9.17) is 5.73 Å². The summed E-state index contributed by atoms with van der Waals surface area (Å²) in [6.45, 7) is 1.83. The van der Waals surface area contributed by atoms with Crippen molar-refractivity contribution in [2.24, 2.45) is 5.73 Å². The van der Waals surface area contributed by atoms with Crippen molar-refractivity contribution in [2.75, 3.05) is 13.6 Å². The topological polar surface area (TPSA) is 29.3 Å². The van der Waals surface area contributed by atoms with Gasteiger partial charge in [0, 0.05) is 18.0 Å². The maximum absolute atomic E-state index is 6.16. The Morgan fingerprint density at radius 2 is 2.29 bits per heavy atom. The minimum atomic E-state index is 0.113. The van der Waals surface area contributed by atoms with Crippen LogP contribution in [0, 0.1) is 0 Å². The highest BCUT2D eigenvalue weighted by Gasteiger charge is 2.10. The Hall–Kier alpha value is -0.200. The van der Waals surface area contributed by atoms with E-state index in [0.29, 0.717) is 0 Å². The first kappa shape index (κ1) is 13.2. The smallest absolute Gasteiger partial charge is 0.0701 e. The molecule has 0 aromatic carbocycles. The molecule has 0 aliphatic heterocycles. The summed E-state index contributed by atoms with van der Waals surface area (Å²) in [5.74, 6) is 0. The van der Waals surface area contributed by atoms with Gasteiger partial charge in [0.25, 0.3) is 0 Å². The third kappa shape index (κ3) is 3.89. The molecule has 0 aliphatic carbocycles. The summed E-state index contributed by atoms with van der Waals surface area (Å²) in [7, 11) is 2.11. The zero-order valence-electron chi connectivity index (χ0n) is 9.60. The molecule has 2 rings (SSSR count). The van der Waals surface area contributed by atoms with Crippen LogP contribution >= 0.6 is 38.6 Å². The average molecular weight is 331 g/mol. The lowest BCUT2D eigenvalue weighted by atomic mass is 10.2. The van der Waals surface area contributed by atoms with Gasteiger partial charge in [-0.15, -0.1) is 22.7 Å². The maximum Gasteiger partial charge on any atom is 0.0701 e. The Kier molecular flexibility index (Phi) is 4.76. The third-order valence-corrected chi connectivity index (χ3v) is 5.05. The van der Waals surface area contributed by atoms with Gasteiger partial charge in [0.05, 0.1) is 9.83 Å². The Balaban J connectivity index is 1.87. The van der Waals surface area contributed by atoms with E-state index in [1.807, 2.05) is 0 Å². The molecule has 0 radical (unpaired) electrons. The van der Waals surface area contributed by atoms with Crippen LogP contribution in [0.25, 0.3) is 0 Å². The van der Waals surface area contributed by atoms with Crippen LogP contribution in [0.2, 0.25) is 0 Å². The summed E-state index contributed by atoms with van der Waals surface area (Å²) in [6, 6.07) is 6.43. The predicted molar refractivity (Wildman–Crippen MR) is 79.6 cm³/mol. The van der Waals surface area contributed by atoms with Crippen molar-refractivity contribution in [3.63, 3.8) is 0 Å². The van der Waals surface area contributed by atoms with Crippen LogP contribution in [0.4, 0.5) is 0 Å². The highest BCUT2D eigenvalue weighted by molar-refractivity contribution is 9.11. The van der Waals surface area contributed by atoms with Gasteiger partial charge >= 0.3 is 0 Å². The molecule has 0 saturated carbocycles. The molecule has 1 unspecified atom stereocenters. The number of nitrogens with two attached hydrogens (primary N) is 1. The fraction of sp³-hybridized carbons (Fsp3) is 0.333. The van der Waals surface area contributed by atoms with Crippen molar-refractivity contribution in [1.82, 2.24) is 4.90 Å². The number of likely N-dealkylation sites (N-methyl/N-ethyl adjacent to an activating group) is 1. The average Bonchev–Trinajstić information content (AvgIpc) is 2.89. The lowest BCUT2D eigenvalue weighted by Crippen LogP contribution is -2.28. The van der Waals surface area contributed by atoms with E-state index < -0.39 is 0 Å². The van der Waals surface area contributed by atoms with Crippen LogP contribution < -0.4 is 5.73 Å². The second-order valence-corrected chi connectivity index (χ2v) is 7.35. The Morgan fingerprint density at radius 1 is 1.47 bits per heavy atom. The molecule has 2 aromatic heterocycles. The first-order chi connectivity index (χ1) is 8.15. The van der Waals surface area contributed by atoms with Crippen molar-refractivity contribution in [1.29, 1.82) is 0 Å². The van der Waals surface area contributed by atoms with Crippen molar-refractivity contribution in [3.05, 3.63) is 43.2 Å². The summed E-state index contributed by atoms with van der Waals surface area (Å²) in [5.41, 5.74) is 7.50. The molecule has 2 N–H and O–H groups in total. The van der Waals surface area contributed by atoms with Gasteiger partial charge in [-0.05, 0) is 51.4 Å². The van der Waals surface area contributed by atoms with Crippen LogP contribution in [0.3, 0.4) is 0 Å². The summed E-state index contributed by atoms with van der Waals surface area (Å²) in [5, 5.41) is 4.25. The molecule has 0 aliphatic rings. The van der Waals surface area contributed by atoms with Crippen LogP contribution in [0.5, 0.6) is 0 Å². The summed E-state index contributed by atoms with van der Waals surface area (Å²) in [4.78, 5) is 3.52. The first-order valence-electron chi connectivity index (χ1n) is 5.35. The molecule has 17 heavy (non-hydrogen) atoms. The molecule has 0 fully saturated rings. The van der Waals surface area contributed by atoms with E-state index in [9.17, 15) is 0 Å². The number of rotatable bonds is 5. The molecule has 2 aromatic rings. The maximum atomic E-state index is 6.16. The predicted octanol–water partition coefficient (Wildman–Crippen LogP) is 3.70. The van der Waals surface area contributed by atoms with Gasteiger partial charge in [0.1, 0.15) is 0 Å². The molecule has 0 spiro atoms. The minimum Gasteiger partial charge on any atom is -0.322 e. The molecule has 1 atom stereocenters. The van der Waals surface area contributed by atoms with Gasteiger partial charge in [-0.3, -0.25) is 0 Å². The van der Waals surface area contributed by atoms with Crippen LogP contribution in [0.1, 0.15) is 16.5 Å². The molecule has 0 bridgehead atoms. The van der Waals surface area contributed by atoms with E-state index in [1.54, 1.807) is 22.7 Å². The quantitative estimate of drug-likeness (QED) is 0.905. The van der Waals surface area contributed by atoms with E-state index in [0.717, 1.165) is 13.1 Å². The number of thiophene rings is 2. The zero-order valence-corrected chi connectivity index (χ0v) is 12.8. The molecule has 2 nitrogen and oxygen atoms in total. The number of hydrogen-bond donors (Lipinski definition) is 1. The van der Waals surface area contributed by atoms with Gasteiger partial charge in [-0.25, -0.2) is 0 Å². The van der Waals surface area contributed by atoms with Gasteiger partial charge < -0.3 is 10.6 Å². The molecule has 92 valence electrons. The van der Waals surface area contributed by atoms with Crippen LogP contribution in [-0.2, 0) is 6.54 Å². The molecule has 0 saturated heterocycles. The van der Waals surface area contributed by atoms with Crippen molar-refractivity contribution in [3.8, 4) is 0 Å². The second-order valence-electron chi connectivity index (χ2n) is 4.08. The molecule has 5 heteroatoms. The normalized spacial score (nSPS) is 13.2. The molecular weight excluding hydrogens is 316 g/mol. The third-order valence-electron chi connectivity index (χ3n) is 2.49. The Bertz CT molecular complexity index is 453.